The average molecular weight is 262 g/mol. The molecule has 2 aromatic heterocycles. The zero-order chi connectivity index (χ0) is 13.2. The van der Waals surface area contributed by atoms with Crippen LogP contribution in [0.1, 0.15) is 32.2 Å². The smallest absolute Gasteiger partial charge is 0.195 e. The first-order valence-electron chi connectivity index (χ1n) is 6.04. The van der Waals surface area contributed by atoms with E-state index >= 15 is 0 Å². The molecule has 1 N–H and O–H groups in total. The lowest BCUT2D eigenvalue weighted by molar-refractivity contribution is 0.377. The van der Waals surface area contributed by atoms with Crippen LogP contribution in [0.2, 0.25) is 0 Å². The molecule has 0 saturated carbocycles. The van der Waals surface area contributed by atoms with Crippen molar-refractivity contribution in [3.8, 4) is 0 Å². The molecule has 0 bridgehead atoms. The minimum Gasteiger partial charge on any atom is -0.299 e. The molecule has 0 unspecified atom stereocenters. The van der Waals surface area contributed by atoms with Gasteiger partial charge in [-0.3, -0.25) is 14.6 Å². The summed E-state index contributed by atoms with van der Waals surface area (Å²) in [6.45, 7) is 6.40. The molecule has 0 aromatic carbocycles. The number of rotatable bonds is 3. The van der Waals surface area contributed by atoms with Crippen molar-refractivity contribution in [2.45, 2.75) is 39.2 Å². The molecule has 0 aliphatic rings. The molecule has 0 radical (unpaired) electrons. The molecule has 2 rings (SSSR count). The maximum Gasteiger partial charge on any atom is 0.195 e. The van der Waals surface area contributed by atoms with Crippen LogP contribution in [0.15, 0.2) is 24.5 Å². The number of hydrogen-bond acceptors (Lipinski definition) is 3. The quantitative estimate of drug-likeness (QED) is 0.865. The molecule has 0 aliphatic heterocycles. The van der Waals surface area contributed by atoms with Crippen LogP contribution in [-0.2, 0) is 18.4 Å². The minimum absolute atomic E-state index is 0.0440. The van der Waals surface area contributed by atoms with Gasteiger partial charge in [-0.25, -0.2) is 0 Å². The zero-order valence-corrected chi connectivity index (χ0v) is 11.8. The first-order chi connectivity index (χ1) is 8.48. The van der Waals surface area contributed by atoms with Crippen molar-refractivity contribution < 1.29 is 0 Å². The topological polar surface area (TPSA) is 46.5 Å². The van der Waals surface area contributed by atoms with Gasteiger partial charge in [0.15, 0.2) is 4.77 Å². The molecule has 0 amide bonds. The van der Waals surface area contributed by atoms with Gasteiger partial charge in [0, 0.05) is 24.4 Å². The average Bonchev–Trinajstić information content (AvgIpc) is 2.69. The first kappa shape index (κ1) is 13.0. The third-order valence-corrected chi connectivity index (χ3v) is 3.07. The van der Waals surface area contributed by atoms with Gasteiger partial charge in [-0.1, -0.05) is 0 Å². The second kappa shape index (κ2) is 5.02. The van der Waals surface area contributed by atoms with Gasteiger partial charge >= 0.3 is 0 Å². The maximum absolute atomic E-state index is 5.29. The summed E-state index contributed by atoms with van der Waals surface area (Å²) in [6.07, 6.45) is 5.44. The van der Waals surface area contributed by atoms with Crippen LogP contribution in [-0.4, -0.2) is 19.7 Å². The number of nitrogens with one attached hydrogen (secondary N) is 1. The lowest BCUT2D eigenvalue weighted by Gasteiger charge is -2.22. The van der Waals surface area contributed by atoms with Crippen molar-refractivity contribution in [2.75, 3.05) is 0 Å². The van der Waals surface area contributed by atoms with Crippen molar-refractivity contribution >= 4 is 12.2 Å². The van der Waals surface area contributed by atoms with Gasteiger partial charge in [-0.2, -0.15) is 5.10 Å². The van der Waals surface area contributed by atoms with E-state index in [1.165, 1.54) is 5.56 Å². The van der Waals surface area contributed by atoms with Crippen LogP contribution in [0.25, 0.3) is 0 Å². The molecule has 4 nitrogen and oxygen atoms in total. The first-order valence-corrected chi connectivity index (χ1v) is 6.45. The van der Waals surface area contributed by atoms with Gasteiger partial charge in [0.25, 0.3) is 0 Å². The van der Waals surface area contributed by atoms with E-state index in [-0.39, 0.29) is 5.54 Å². The number of hydrogen-bond donors (Lipinski definition) is 1. The van der Waals surface area contributed by atoms with E-state index in [4.69, 9.17) is 12.2 Å². The highest BCUT2D eigenvalue weighted by molar-refractivity contribution is 7.71. The van der Waals surface area contributed by atoms with Crippen molar-refractivity contribution in [1.82, 2.24) is 19.7 Å². The monoisotopic (exact) mass is 262 g/mol. The summed E-state index contributed by atoms with van der Waals surface area (Å²) in [5.74, 6) is 1.00. The Bertz CT molecular complexity index is 563. The standard InChI is InChI=1S/C13H18N4S/c1-13(2,3)17-11(15-16-12(17)18)5-4-10-6-8-14-9-7-10/h6-9H,4-5H2,1-3H3,(H,16,18). The lowest BCUT2D eigenvalue weighted by atomic mass is 10.1. The summed E-state index contributed by atoms with van der Waals surface area (Å²) in [7, 11) is 0. The maximum atomic E-state index is 5.29. The van der Waals surface area contributed by atoms with E-state index in [0.717, 1.165) is 18.7 Å². The van der Waals surface area contributed by atoms with Crippen LogP contribution in [0.3, 0.4) is 0 Å². The van der Waals surface area contributed by atoms with Gasteiger partial charge in [0.1, 0.15) is 5.82 Å². The Hall–Kier alpha value is -1.49. The normalized spacial score (nSPS) is 11.7. The Morgan fingerprint density at radius 2 is 1.89 bits per heavy atom. The molecule has 0 fully saturated rings. The van der Waals surface area contributed by atoms with E-state index in [2.05, 4.69) is 40.5 Å². The summed E-state index contributed by atoms with van der Waals surface area (Å²) in [4.78, 5) is 4.02. The highest BCUT2D eigenvalue weighted by atomic mass is 32.1. The molecule has 0 saturated heterocycles. The Morgan fingerprint density at radius 1 is 1.22 bits per heavy atom. The van der Waals surface area contributed by atoms with Gasteiger partial charge in [0.2, 0.25) is 0 Å². The second-order valence-corrected chi connectivity index (χ2v) is 5.69. The Labute approximate surface area is 112 Å². The van der Waals surface area contributed by atoms with E-state index in [1.807, 2.05) is 24.5 Å². The third kappa shape index (κ3) is 2.85. The van der Waals surface area contributed by atoms with Crippen LogP contribution in [0.4, 0.5) is 0 Å². The largest absolute Gasteiger partial charge is 0.299 e. The Morgan fingerprint density at radius 3 is 2.50 bits per heavy atom. The van der Waals surface area contributed by atoms with Crippen LogP contribution in [0.5, 0.6) is 0 Å². The molecule has 2 aromatic rings. The van der Waals surface area contributed by atoms with E-state index < -0.39 is 0 Å². The summed E-state index contributed by atoms with van der Waals surface area (Å²) in [6, 6.07) is 4.06. The predicted octanol–water partition coefficient (Wildman–Crippen LogP) is 2.88. The Balaban J connectivity index is 2.18. The summed E-state index contributed by atoms with van der Waals surface area (Å²) in [5.41, 5.74) is 1.22. The van der Waals surface area contributed by atoms with Crippen LogP contribution >= 0.6 is 12.2 Å². The summed E-state index contributed by atoms with van der Waals surface area (Å²) < 4.78 is 2.77. The third-order valence-electron chi connectivity index (χ3n) is 2.80. The van der Waals surface area contributed by atoms with Gasteiger partial charge in [0.05, 0.1) is 0 Å². The van der Waals surface area contributed by atoms with Gasteiger partial charge in [-0.15, -0.1) is 0 Å². The van der Waals surface area contributed by atoms with Gasteiger partial charge < -0.3 is 0 Å². The molecule has 0 spiro atoms. The highest BCUT2D eigenvalue weighted by Gasteiger charge is 2.18. The van der Waals surface area contributed by atoms with E-state index in [1.54, 1.807) is 0 Å². The number of nitrogens with zero attached hydrogens (tertiary/aromatic N) is 3. The van der Waals surface area contributed by atoms with Crippen molar-refractivity contribution in [3.63, 3.8) is 0 Å². The van der Waals surface area contributed by atoms with Crippen molar-refractivity contribution in [2.24, 2.45) is 0 Å². The minimum atomic E-state index is -0.0440. The molecule has 0 atom stereocenters. The number of aromatic nitrogens is 4. The zero-order valence-electron chi connectivity index (χ0n) is 11.0. The molecular formula is C13H18N4S. The SMILES string of the molecule is CC(C)(C)n1c(CCc2ccncc2)n[nH]c1=S. The molecule has 2 heterocycles. The fraction of sp³-hybridized carbons (Fsp3) is 0.462. The van der Waals surface area contributed by atoms with Crippen LogP contribution < -0.4 is 0 Å². The predicted molar refractivity (Wildman–Crippen MR) is 74.1 cm³/mol. The molecule has 18 heavy (non-hydrogen) atoms. The summed E-state index contributed by atoms with van der Waals surface area (Å²) >= 11 is 5.29. The number of aryl methyl sites for hydroxylation is 2. The van der Waals surface area contributed by atoms with E-state index in [9.17, 15) is 0 Å². The summed E-state index contributed by atoms with van der Waals surface area (Å²) in [5, 5.41) is 7.21. The van der Waals surface area contributed by atoms with Crippen molar-refractivity contribution in [1.29, 1.82) is 0 Å². The molecule has 0 aliphatic carbocycles. The number of H-pyrrole nitrogens is 1. The van der Waals surface area contributed by atoms with Crippen molar-refractivity contribution in [3.05, 3.63) is 40.7 Å². The fourth-order valence-electron chi connectivity index (χ4n) is 1.99. The number of aromatic amines is 1. The highest BCUT2D eigenvalue weighted by Crippen LogP contribution is 2.17. The van der Waals surface area contributed by atoms with Gasteiger partial charge in [-0.05, 0) is 57.1 Å². The Kier molecular flexibility index (Phi) is 3.61. The molecular weight excluding hydrogens is 244 g/mol. The second-order valence-electron chi connectivity index (χ2n) is 5.31. The fourth-order valence-corrected chi connectivity index (χ4v) is 2.42. The molecule has 96 valence electrons. The van der Waals surface area contributed by atoms with Crippen LogP contribution in [0, 0.1) is 4.77 Å². The van der Waals surface area contributed by atoms with E-state index in [0.29, 0.717) is 4.77 Å². The lowest BCUT2D eigenvalue weighted by Crippen LogP contribution is -2.24. The molecule has 5 heteroatoms. The number of pyridine rings is 1.